The molecule has 0 spiro atoms. The molecule has 0 aliphatic rings. The van der Waals surface area contributed by atoms with Crippen LogP contribution in [0.1, 0.15) is 18.1 Å². The molecule has 0 heterocycles. The zero-order valence-electron chi connectivity index (χ0n) is 14.9. The van der Waals surface area contributed by atoms with Crippen LogP contribution in [0, 0.1) is 0 Å². The molecule has 2 aromatic rings. The minimum absolute atomic E-state index is 0.393. The fraction of sp³-hybridized carbons (Fsp3) is 0.250. The summed E-state index contributed by atoms with van der Waals surface area (Å²) in [4.78, 5) is 11.4. The third-order valence-corrected chi connectivity index (χ3v) is 3.60. The molecule has 2 aromatic carbocycles. The lowest BCUT2D eigenvalue weighted by atomic mass is 10.1. The maximum Gasteiger partial charge on any atom is 0.308 e. The van der Waals surface area contributed by atoms with E-state index in [9.17, 15) is 4.79 Å². The molecule has 5 heteroatoms. The van der Waals surface area contributed by atoms with Crippen molar-refractivity contribution in [1.29, 1.82) is 0 Å². The van der Waals surface area contributed by atoms with Gasteiger partial charge in [0.25, 0.3) is 0 Å². The number of hydrogen-bond donors (Lipinski definition) is 0. The third-order valence-electron chi connectivity index (χ3n) is 3.60. The van der Waals surface area contributed by atoms with Crippen molar-refractivity contribution >= 4 is 12.0 Å². The molecule has 0 unspecified atom stereocenters. The Balaban J connectivity index is 2.26. The van der Waals surface area contributed by atoms with E-state index in [1.807, 2.05) is 36.4 Å². The second kappa shape index (κ2) is 8.78. The molecular weight excluding hydrogens is 320 g/mol. The van der Waals surface area contributed by atoms with E-state index in [0.29, 0.717) is 23.7 Å². The summed E-state index contributed by atoms with van der Waals surface area (Å²) in [5.41, 5.74) is 1.82. The maximum atomic E-state index is 11.4. The number of allylic oxidation sites excluding steroid dienone is 1. The number of esters is 1. The van der Waals surface area contributed by atoms with E-state index in [-0.39, 0.29) is 0 Å². The van der Waals surface area contributed by atoms with Crippen LogP contribution >= 0.6 is 0 Å². The van der Waals surface area contributed by atoms with Crippen LogP contribution in [-0.4, -0.2) is 27.3 Å². The zero-order chi connectivity index (χ0) is 18.2. The number of rotatable bonds is 7. The van der Waals surface area contributed by atoms with Crippen LogP contribution in [0.5, 0.6) is 23.0 Å². The smallest absolute Gasteiger partial charge is 0.308 e. The van der Waals surface area contributed by atoms with Crippen molar-refractivity contribution in [3.8, 4) is 23.0 Å². The Hall–Kier alpha value is -2.95. The Morgan fingerprint density at radius 1 is 0.920 bits per heavy atom. The molecule has 0 radical (unpaired) electrons. The van der Waals surface area contributed by atoms with E-state index in [1.165, 1.54) is 6.92 Å². The number of carbonyl (C=O) groups is 1. The Kier molecular flexibility index (Phi) is 6.46. The normalized spacial score (nSPS) is 10.6. The van der Waals surface area contributed by atoms with Gasteiger partial charge in [0.15, 0.2) is 0 Å². The van der Waals surface area contributed by atoms with Gasteiger partial charge in [0.2, 0.25) is 0 Å². The standard InChI is InChI=1S/C20H22O5/c1-14(21)25-20-13-17(23-3)12-19(24-4)18(20)7-5-6-15-8-10-16(22-2)11-9-15/h5-6,8-13H,7H2,1-4H3/b6-5+. The lowest BCUT2D eigenvalue weighted by Crippen LogP contribution is -2.05. The molecule has 0 saturated carbocycles. The monoisotopic (exact) mass is 342 g/mol. The second-order valence-corrected chi connectivity index (χ2v) is 5.28. The molecule has 5 nitrogen and oxygen atoms in total. The van der Waals surface area contributed by atoms with Crippen molar-refractivity contribution in [1.82, 2.24) is 0 Å². The summed E-state index contributed by atoms with van der Waals surface area (Å²) in [5, 5.41) is 0. The average Bonchev–Trinajstić information content (AvgIpc) is 2.62. The molecule has 25 heavy (non-hydrogen) atoms. The third kappa shape index (κ3) is 5.01. The molecule has 0 aromatic heterocycles. The predicted molar refractivity (Wildman–Crippen MR) is 96.6 cm³/mol. The summed E-state index contributed by atoms with van der Waals surface area (Å²) >= 11 is 0. The van der Waals surface area contributed by atoms with Crippen LogP contribution in [0.3, 0.4) is 0 Å². The van der Waals surface area contributed by atoms with Crippen LogP contribution in [-0.2, 0) is 11.2 Å². The molecule has 0 N–H and O–H groups in total. The Morgan fingerprint density at radius 3 is 2.12 bits per heavy atom. The number of benzene rings is 2. The molecule has 2 rings (SSSR count). The summed E-state index contributed by atoms with van der Waals surface area (Å²) < 4.78 is 21.1. The maximum absolute atomic E-state index is 11.4. The SMILES string of the molecule is COc1ccc(/C=C/Cc2c(OC)cc(OC)cc2OC(C)=O)cc1. The molecular formula is C20H22O5. The highest BCUT2D eigenvalue weighted by atomic mass is 16.5. The highest BCUT2D eigenvalue weighted by molar-refractivity contribution is 5.71. The van der Waals surface area contributed by atoms with E-state index in [1.54, 1.807) is 33.5 Å². The van der Waals surface area contributed by atoms with Gasteiger partial charge in [0, 0.05) is 24.6 Å². The first-order valence-electron chi connectivity index (χ1n) is 7.81. The predicted octanol–water partition coefficient (Wildman–Crippen LogP) is 3.89. The van der Waals surface area contributed by atoms with Crippen molar-refractivity contribution in [3.63, 3.8) is 0 Å². The Bertz CT molecular complexity index is 747. The number of carbonyl (C=O) groups excluding carboxylic acids is 1. The van der Waals surface area contributed by atoms with Gasteiger partial charge in [-0.3, -0.25) is 4.79 Å². The van der Waals surface area contributed by atoms with Crippen molar-refractivity contribution < 1.29 is 23.7 Å². The molecule has 0 saturated heterocycles. The molecule has 0 bridgehead atoms. The van der Waals surface area contributed by atoms with Gasteiger partial charge in [-0.25, -0.2) is 0 Å². The average molecular weight is 342 g/mol. The van der Waals surface area contributed by atoms with Gasteiger partial charge < -0.3 is 18.9 Å². The van der Waals surface area contributed by atoms with E-state index < -0.39 is 5.97 Å². The van der Waals surface area contributed by atoms with Gasteiger partial charge in [-0.15, -0.1) is 0 Å². The number of hydrogen-bond acceptors (Lipinski definition) is 5. The van der Waals surface area contributed by atoms with Crippen LogP contribution in [0.2, 0.25) is 0 Å². The summed E-state index contributed by atoms with van der Waals surface area (Å²) in [7, 11) is 4.76. The lowest BCUT2D eigenvalue weighted by molar-refractivity contribution is -0.131. The van der Waals surface area contributed by atoms with Crippen molar-refractivity contribution in [2.24, 2.45) is 0 Å². The summed E-state index contributed by atoms with van der Waals surface area (Å²) in [5.74, 6) is 2.02. The number of ether oxygens (including phenoxy) is 4. The van der Waals surface area contributed by atoms with Crippen molar-refractivity contribution in [2.75, 3.05) is 21.3 Å². The quantitative estimate of drug-likeness (QED) is 0.564. The lowest BCUT2D eigenvalue weighted by Gasteiger charge is -2.14. The largest absolute Gasteiger partial charge is 0.497 e. The minimum atomic E-state index is -0.393. The highest BCUT2D eigenvalue weighted by Gasteiger charge is 2.14. The van der Waals surface area contributed by atoms with Gasteiger partial charge in [-0.05, 0) is 24.1 Å². The molecule has 0 aliphatic carbocycles. The van der Waals surface area contributed by atoms with E-state index in [4.69, 9.17) is 18.9 Å². The van der Waals surface area contributed by atoms with Crippen LogP contribution < -0.4 is 18.9 Å². The Labute approximate surface area is 147 Å². The first kappa shape index (κ1) is 18.4. The summed E-state index contributed by atoms with van der Waals surface area (Å²) in [6.07, 6.45) is 4.52. The second-order valence-electron chi connectivity index (χ2n) is 5.28. The van der Waals surface area contributed by atoms with Crippen molar-refractivity contribution in [3.05, 3.63) is 53.6 Å². The van der Waals surface area contributed by atoms with Gasteiger partial charge >= 0.3 is 5.97 Å². The van der Waals surface area contributed by atoms with Crippen LogP contribution in [0.25, 0.3) is 6.08 Å². The van der Waals surface area contributed by atoms with Crippen molar-refractivity contribution in [2.45, 2.75) is 13.3 Å². The first-order valence-corrected chi connectivity index (χ1v) is 7.81. The first-order chi connectivity index (χ1) is 12.1. The zero-order valence-corrected chi connectivity index (χ0v) is 14.9. The van der Waals surface area contributed by atoms with E-state index in [0.717, 1.165) is 16.9 Å². The molecule has 0 atom stereocenters. The fourth-order valence-corrected chi connectivity index (χ4v) is 2.37. The molecule has 0 aliphatic heterocycles. The molecule has 0 fully saturated rings. The molecule has 132 valence electrons. The molecule has 0 amide bonds. The summed E-state index contributed by atoms with van der Waals surface area (Å²) in [6, 6.07) is 11.2. The fourth-order valence-electron chi connectivity index (χ4n) is 2.37. The van der Waals surface area contributed by atoms with E-state index >= 15 is 0 Å². The summed E-state index contributed by atoms with van der Waals surface area (Å²) in [6.45, 7) is 1.36. The topological polar surface area (TPSA) is 54.0 Å². The van der Waals surface area contributed by atoms with E-state index in [2.05, 4.69) is 0 Å². The minimum Gasteiger partial charge on any atom is -0.497 e. The van der Waals surface area contributed by atoms with Gasteiger partial charge in [-0.2, -0.15) is 0 Å². The highest BCUT2D eigenvalue weighted by Crippen LogP contribution is 2.35. The van der Waals surface area contributed by atoms with Crippen LogP contribution in [0.15, 0.2) is 42.5 Å². The van der Waals surface area contributed by atoms with Crippen LogP contribution in [0.4, 0.5) is 0 Å². The van der Waals surface area contributed by atoms with Gasteiger partial charge in [0.1, 0.15) is 23.0 Å². The van der Waals surface area contributed by atoms with Gasteiger partial charge in [-0.1, -0.05) is 24.3 Å². The Morgan fingerprint density at radius 2 is 1.56 bits per heavy atom. The number of methoxy groups -OCH3 is 3. The van der Waals surface area contributed by atoms with Gasteiger partial charge in [0.05, 0.1) is 21.3 Å².